The van der Waals surface area contributed by atoms with Crippen LogP contribution in [0.5, 0.6) is 0 Å². The largest absolute Gasteiger partial charge is 0.389 e. The van der Waals surface area contributed by atoms with Crippen molar-refractivity contribution in [2.45, 2.75) is 70.7 Å². The lowest BCUT2D eigenvalue weighted by Gasteiger charge is -2.36. The van der Waals surface area contributed by atoms with Gasteiger partial charge < -0.3 is 20.3 Å². The van der Waals surface area contributed by atoms with Gasteiger partial charge in [0.2, 0.25) is 0 Å². The highest BCUT2D eigenvalue weighted by Gasteiger charge is 2.32. The van der Waals surface area contributed by atoms with Gasteiger partial charge in [0, 0.05) is 13.1 Å². The summed E-state index contributed by atoms with van der Waals surface area (Å²) in [7, 11) is 0. The summed E-state index contributed by atoms with van der Waals surface area (Å²) in [6.07, 6.45) is 3.50. The van der Waals surface area contributed by atoms with E-state index >= 15 is 0 Å². The molecular formula is C15H31NO3. The molecule has 4 nitrogen and oxygen atoms in total. The van der Waals surface area contributed by atoms with E-state index in [1.54, 1.807) is 0 Å². The normalized spacial score (nSPS) is 30.3. The summed E-state index contributed by atoms with van der Waals surface area (Å²) in [5.74, 6) is 0.592. The topological polar surface area (TPSA) is 61.7 Å². The monoisotopic (exact) mass is 273 g/mol. The molecule has 0 heterocycles. The Hall–Kier alpha value is -0.160. The molecule has 0 bridgehead atoms. The van der Waals surface area contributed by atoms with Crippen molar-refractivity contribution in [3.05, 3.63) is 0 Å². The third kappa shape index (κ3) is 7.25. The van der Waals surface area contributed by atoms with E-state index in [0.717, 1.165) is 19.3 Å². The molecule has 0 aromatic heterocycles. The number of rotatable bonds is 6. The first kappa shape index (κ1) is 16.9. The van der Waals surface area contributed by atoms with Crippen LogP contribution in [0.4, 0.5) is 0 Å². The minimum absolute atomic E-state index is 0.224. The van der Waals surface area contributed by atoms with E-state index in [1.807, 2.05) is 20.8 Å². The molecule has 3 N–H and O–H groups in total. The maximum atomic E-state index is 10.4. The van der Waals surface area contributed by atoms with Crippen LogP contribution in [0.2, 0.25) is 0 Å². The van der Waals surface area contributed by atoms with Crippen molar-refractivity contribution in [3.8, 4) is 0 Å². The van der Waals surface area contributed by atoms with E-state index in [4.69, 9.17) is 4.74 Å². The van der Waals surface area contributed by atoms with Crippen molar-refractivity contribution in [2.75, 3.05) is 19.7 Å². The van der Waals surface area contributed by atoms with Crippen molar-refractivity contribution in [1.82, 2.24) is 5.32 Å². The molecule has 114 valence electrons. The van der Waals surface area contributed by atoms with Crippen LogP contribution in [0.1, 0.15) is 53.4 Å². The Balaban J connectivity index is 2.18. The van der Waals surface area contributed by atoms with Crippen molar-refractivity contribution >= 4 is 0 Å². The number of nitrogens with one attached hydrogen (secondary N) is 1. The predicted molar refractivity (Wildman–Crippen MR) is 77.2 cm³/mol. The van der Waals surface area contributed by atoms with Crippen LogP contribution in [-0.2, 0) is 4.74 Å². The molecule has 19 heavy (non-hydrogen) atoms. The lowest BCUT2D eigenvalue weighted by atomic mass is 9.79. The molecule has 0 saturated heterocycles. The van der Waals surface area contributed by atoms with Crippen LogP contribution in [0.25, 0.3) is 0 Å². The molecule has 0 aromatic carbocycles. The van der Waals surface area contributed by atoms with Crippen molar-refractivity contribution in [2.24, 2.45) is 5.92 Å². The van der Waals surface area contributed by atoms with E-state index in [9.17, 15) is 10.2 Å². The van der Waals surface area contributed by atoms with Gasteiger partial charge in [0.1, 0.15) is 0 Å². The van der Waals surface area contributed by atoms with Gasteiger partial charge in [0.15, 0.2) is 0 Å². The van der Waals surface area contributed by atoms with Gasteiger partial charge in [-0.1, -0.05) is 19.8 Å². The van der Waals surface area contributed by atoms with E-state index < -0.39 is 11.7 Å². The first-order valence-electron chi connectivity index (χ1n) is 7.45. The lowest BCUT2D eigenvalue weighted by Crippen LogP contribution is -2.46. The van der Waals surface area contributed by atoms with Crippen LogP contribution >= 0.6 is 0 Å². The van der Waals surface area contributed by atoms with Crippen molar-refractivity contribution in [1.29, 1.82) is 0 Å². The molecule has 4 heteroatoms. The first-order valence-corrected chi connectivity index (χ1v) is 7.45. The molecule has 0 aromatic rings. The zero-order valence-corrected chi connectivity index (χ0v) is 12.9. The van der Waals surface area contributed by atoms with E-state index in [-0.39, 0.29) is 5.60 Å². The summed E-state index contributed by atoms with van der Waals surface area (Å²) in [5, 5.41) is 23.4. The van der Waals surface area contributed by atoms with Gasteiger partial charge in [-0.25, -0.2) is 0 Å². The summed E-state index contributed by atoms with van der Waals surface area (Å²) in [6, 6.07) is 0. The number of hydrogen-bond acceptors (Lipinski definition) is 4. The predicted octanol–water partition coefficient (Wildman–Crippen LogP) is 1.69. The zero-order valence-electron chi connectivity index (χ0n) is 12.9. The molecule has 3 unspecified atom stereocenters. The van der Waals surface area contributed by atoms with Crippen LogP contribution < -0.4 is 5.32 Å². The molecular weight excluding hydrogens is 242 g/mol. The SMILES string of the molecule is CC1CCCC(O)(CNCC(O)COC(C)(C)C)C1. The van der Waals surface area contributed by atoms with Gasteiger partial charge in [-0.2, -0.15) is 0 Å². The smallest absolute Gasteiger partial charge is 0.0897 e. The summed E-state index contributed by atoms with van der Waals surface area (Å²) < 4.78 is 5.52. The van der Waals surface area contributed by atoms with Gasteiger partial charge in [-0.3, -0.25) is 0 Å². The summed E-state index contributed by atoms with van der Waals surface area (Å²) in [6.45, 7) is 9.45. The van der Waals surface area contributed by atoms with Gasteiger partial charge in [0.05, 0.1) is 23.9 Å². The summed E-state index contributed by atoms with van der Waals surface area (Å²) in [4.78, 5) is 0. The highest BCUT2D eigenvalue weighted by Crippen LogP contribution is 2.31. The Morgan fingerprint density at radius 1 is 1.42 bits per heavy atom. The van der Waals surface area contributed by atoms with Gasteiger partial charge >= 0.3 is 0 Å². The van der Waals surface area contributed by atoms with Gasteiger partial charge in [0.25, 0.3) is 0 Å². The second kappa shape index (κ2) is 7.02. The summed E-state index contributed by atoms with van der Waals surface area (Å²) in [5.41, 5.74) is -0.819. The molecule has 0 aliphatic heterocycles. The molecule has 1 rings (SSSR count). The molecule has 1 saturated carbocycles. The molecule has 0 amide bonds. The highest BCUT2D eigenvalue weighted by molar-refractivity contribution is 4.87. The standard InChI is InChI=1S/C15H31NO3/c1-12-6-5-7-15(18,8-12)11-16-9-13(17)10-19-14(2,3)4/h12-13,16-18H,5-11H2,1-4H3. The molecule has 1 aliphatic carbocycles. The number of hydrogen-bond donors (Lipinski definition) is 3. The fourth-order valence-corrected chi connectivity index (χ4v) is 2.67. The molecule has 0 spiro atoms. The summed E-state index contributed by atoms with van der Waals surface area (Å²) >= 11 is 0. The Morgan fingerprint density at radius 3 is 2.68 bits per heavy atom. The zero-order chi connectivity index (χ0) is 14.5. The number of aliphatic hydroxyl groups is 2. The molecule has 1 aliphatic rings. The van der Waals surface area contributed by atoms with Gasteiger partial charge in [-0.05, 0) is 39.5 Å². The highest BCUT2D eigenvalue weighted by atomic mass is 16.5. The second-order valence-corrected chi connectivity index (χ2v) is 7.13. The number of aliphatic hydroxyl groups excluding tert-OH is 1. The fourth-order valence-electron chi connectivity index (χ4n) is 2.67. The Morgan fingerprint density at radius 2 is 2.11 bits per heavy atom. The molecule has 3 atom stereocenters. The Bertz CT molecular complexity index is 265. The average Bonchev–Trinajstić information content (AvgIpc) is 2.25. The maximum absolute atomic E-state index is 10.4. The third-order valence-electron chi connectivity index (χ3n) is 3.61. The van der Waals surface area contributed by atoms with Gasteiger partial charge in [-0.15, -0.1) is 0 Å². The van der Waals surface area contributed by atoms with E-state index in [1.165, 1.54) is 6.42 Å². The third-order valence-corrected chi connectivity index (χ3v) is 3.61. The average molecular weight is 273 g/mol. The van der Waals surface area contributed by atoms with Crippen LogP contribution in [0.3, 0.4) is 0 Å². The van der Waals surface area contributed by atoms with E-state index in [0.29, 0.717) is 25.6 Å². The molecule has 0 radical (unpaired) electrons. The molecule has 1 fully saturated rings. The minimum atomic E-state index is -0.595. The second-order valence-electron chi connectivity index (χ2n) is 7.13. The van der Waals surface area contributed by atoms with Crippen LogP contribution in [0.15, 0.2) is 0 Å². The fraction of sp³-hybridized carbons (Fsp3) is 1.00. The number of ether oxygens (including phenoxy) is 1. The maximum Gasteiger partial charge on any atom is 0.0897 e. The first-order chi connectivity index (χ1) is 8.70. The van der Waals surface area contributed by atoms with Crippen molar-refractivity contribution in [3.63, 3.8) is 0 Å². The van der Waals surface area contributed by atoms with Crippen LogP contribution in [-0.4, -0.2) is 47.2 Å². The Labute approximate surface area is 117 Å². The van der Waals surface area contributed by atoms with Crippen molar-refractivity contribution < 1.29 is 14.9 Å². The lowest BCUT2D eigenvalue weighted by molar-refractivity contribution is -0.0515. The minimum Gasteiger partial charge on any atom is -0.389 e. The Kier molecular flexibility index (Phi) is 6.24. The quantitative estimate of drug-likeness (QED) is 0.689. The van der Waals surface area contributed by atoms with E-state index in [2.05, 4.69) is 12.2 Å². The van der Waals surface area contributed by atoms with Crippen LogP contribution in [0, 0.1) is 5.92 Å².